The van der Waals surface area contributed by atoms with E-state index in [-0.39, 0.29) is 12.2 Å². The summed E-state index contributed by atoms with van der Waals surface area (Å²) in [6.07, 6.45) is 1.77. The lowest BCUT2D eigenvalue weighted by Gasteiger charge is -2.25. The highest BCUT2D eigenvalue weighted by atomic mass is 79.9. The van der Waals surface area contributed by atoms with Crippen molar-refractivity contribution < 1.29 is 23.7 Å². The first kappa shape index (κ1) is 26.7. The van der Waals surface area contributed by atoms with E-state index in [4.69, 9.17) is 18.9 Å². The van der Waals surface area contributed by atoms with Crippen LogP contribution in [0.15, 0.2) is 61.9 Å². The molecule has 3 aromatic rings. The summed E-state index contributed by atoms with van der Waals surface area (Å²) >= 11 is 4.77. The van der Waals surface area contributed by atoms with E-state index >= 15 is 0 Å². The van der Waals surface area contributed by atoms with Crippen LogP contribution in [0.2, 0.25) is 0 Å². The number of nitrogens with zero attached hydrogens (tertiary/aromatic N) is 2. The van der Waals surface area contributed by atoms with Gasteiger partial charge in [0.1, 0.15) is 5.75 Å². The molecule has 2 aromatic carbocycles. The van der Waals surface area contributed by atoms with Gasteiger partial charge >= 0.3 is 5.97 Å². The van der Waals surface area contributed by atoms with Gasteiger partial charge in [-0.05, 0) is 66.5 Å². The molecule has 2 heterocycles. The maximum atomic E-state index is 13.9. The van der Waals surface area contributed by atoms with E-state index in [2.05, 4.69) is 20.9 Å². The van der Waals surface area contributed by atoms with Crippen molar-refractivity contribution in [1.29, 1.82) is 0 Å². The summed E-state index contributed by atoms with van der Waals surface area (Å²) < 4.78 is 24.7. The van der Waals surface area contributed by atoms with Gasteiger partial charge < -0.3 is 18.9 Å². The number of hydrogen-bond donors (Lipinski definition) is 0. The molecule has 0 spiro atoms. The Morgan fingerprint density at radius 2 is 1.89 bits per heavy atom. The quantitative estimate of drug-likeness (QED) is 0.371. The summed E-state index contributed by atoms with van der Waals surface area (Å²) in [6.45, 7) is 6.03. The average Bonchev–Trinajstić information content (AvgIpc) is 3.18. The molecule has 4 rings (SSSR count). The molecule has 0 N–H and O–H groups in total. The lowest BCUT2D eigenvalue weighted by Crippen LogP contribution is -2.40. The summed E-state index contributed by atoms with van der Waals surface area (Å²) in [5.41, 5.74) is 1.96. The Morgan fingerprint density at radius 3 is 2.54 bits per heavy atom. The van der Waals surface area contributed by atoms with Gasteiger partial charge in [0, 0.05) is 5.56 Å². The first-order chi connectivity index (χ1) is 17.8. The van der Waals surface area contributed by atoms with E-state index in [0.717, 1.165) is 0 Å². The fourth-order valence-electron chi connectivity index (χ4n) is 4.21. The van der Waals surface area contributed by atoms with Crippen LogP contribution in [0.3, 0.4) is 0 Å². The highest BCUT2D eigenvalue weighted by Crippen LogP contribution is 2.35. The Morgan fingerprint density at radius 1 is 1.14 bits per heavy atom. The Hall–Kier alpha value is -3.37. The third kappa shape index (κ3) is 5.08. The van der Waals surface area contributed by atoms with Crippen LogP contribution in [0.4, 0.5) is 0 Å². The largest absolute Gasteiger partial charge is 0.496 e. The summed E-state index contributed by atoms with van der Waals surface area (Å²) in [6, 6.07) is 10.2. The van der Waals surface area contributed by atoms with E-state index in [1.54, 1.807) is 50.8 Å². The molecular formula is C27H27BrN2O6S. The van der Waals surface area contributed by atoms with Crippen LogP contribution in [0.5, 0.6) is 17.2 Å². The Kier molecular flexibility index (Phi) is 8.19. The van der Waals surface area contributed by atoms with Crippen molar-refractivity contribution in [3.05, 3.63) is 83.0 Å². The third-order valence-electron chi connectivity index (χ3n) is 5.81. The Balaban J connectivity index is 1.97. The predicted octanol–water partition coefficient (Wildman–Crippen LogP) is 3.98. The first-order valence-corrected chi connectivity index (χ1v) is 13.3. The number of ether oxygens (including phenoxy) is 4. The second kappa shape index (κ2) is 11.4. The minimum absolute atomic E-state index is 0.203. The fourth-order valence-corrected chi connectivity index (χ4v) is 5.80. The molecule has 0 saturated heterocycles. The number of halogens is 1. The number of esters is 1. The smallest absolute Gasteiger partial charge is 0.338 e. The van der Waals surface area contributed by atoms with Gasteiger partial charge in [-0.25, -0.2) is 9.79 Å². The van der Waals surface area contributed by atoms with Gasteiger partial charge in [0.15, 0.2) is 16.3 Å². The molecule has 37 heavy (non-hydrogen) atoms. The molecule has 10 heteroatoms. The molecule has 1 atom stereocenters. The van der Waals surface area contributed by atoms with E-state index in [9.17, 15) is 9.59 Å². The van der Waals surface area contributed by atoms with Crippen molar-refractivity contribution in [3.63, 3.8) is 0 Å². The summed E-state index contributed by atoms with van der Waals surface area (Å²) in [5.74, 6) is 1.25. The number of allylic oxidation sites excluding steroid dienone is 1. The lowest BCUT2D eigenvalue weighted by atomic mass is 9.96. The van der Waals surface area contributed by atoms with Crippen molar-refractivity contribution in [2.75, 3.05) is 27.4 Å². The van der Waals surface area contributed by atoms with Crippen LogP contribution in [-0.4, -0.2) is 38.0 Å². The molecule has 194 valence electrons. The molecule has 8 nitrogen and oxygen atoms in total. The van der Waals surface area contributed by atoms with Crippen molar-refractivity contribution in [3.8, 4) is 17.2 Å². The molecule has 0 aliphatic carbocycles. The number of carbonyl (C=O) groups excluding carboxylic acids is 1. The van der Waals surface area contributed by atoms with Gasteiger partial charge in [0.05, 0.1) is 53.8 Å². The lowest BCUT2D eigenvalue weighted by molar-refractivity contribution is -0.139. The zero-order valence-electron chi connectivity index (χ0n) is 21.2. The number of fused-ring (bicyclic) bond motifs is 1. The SMILES string of the molecule is CCOC(=O)C1=C(C)N=c2s/c(=C/c3cccc(OC)c3OCC)c(=O)n2[C@H]1c1ccc(OC)c(Br)c1. The third-order valence-corrected chi connectivity index (χ3v) is 7.42. The number of carbonyl (C=O) groups is 1. The van der Waals surface area contributed by atoms with Crippen molar-refractivity contribution in [1.82, 2.24) is 4.57 Å². The second-order valence-electron chi connectivity index (χ2n) is 8.01. The summed E-state index contributed by atoms with van der Waals surface area (Å²) in [7, 11) is 3.15. The minimum Gasteiger partial charge on any atom is -0.496 e. The molecule has 0 saturated carbocycles. The van der Waals surface area contributed by atoms with E-state index < -0.39 is 12.0 Å². The van der Waals surface area contributed by atoms with Crippen LogP contribution < -0.4 is 29.1 Å². The Labute approximate surface area is 226 Å². The first-order valence-electron chi connectivity index (χ1n) is 11.7. The van der Waals surface area contributed by atoms with Crippen LogP contribution in [0.25, 0.3) is 6.08 Å². The standard InChI is InChI=1S/C27H27BrN2O6S/c1-6-35-24-17(9-8-10-20(24)34-5)14-21-25(31)30-23(16-11-12-19(33-4)18(28)13-16)22(26(32)36-7-2)15(3)29-27(30)37-21/h8-14,23H,6-7H2,1-5H3/b21-14+/t23-/m0/s1. The molecule has 0 unspecified atom stereocenters. The number of para-hydroxylation sites is 1. The van der Waals surface area contributed by atoms with E-state index in [1.165, 1.54) is 11.3 Å². The molecule has 0 fully saturated rings. The fraction of sp³-hybridized carbons (Fsp3) is 0.296. The number of thiazole rings is 1. The van der Waals surface area contributed by atoms with E-state index in [0.29, 0.717) is 60.1 Å². The van der Waals surface area contributed by atoms with E-state index in [1.807, 2.05) is 31.2 Å². The van der Waals surface area contributed by atoms with Crippen LogP contribution in [-0.2, 0) is 9.53 Å². The maximum Gasteiger partial charge on any atom is 0.338 e. The number of methoxy groups -OCH3 is 2. The summed E-state index contributed by atoms with van der Waals surface area (Å²) in [4.78, 5) is 32.1. The molecule has 0 amide bonds. The molecule has 0 radical (unpaired) electrons. The number of benzene rings is 2. The predicted molar refractivity (Wildman–Crippen MR) is 145 cm³/mol. The van der Waals surface area contributed by atoms with Crippen LogP contribution in [0.1, 0.15) is 37.9 Å². The number of rotatable bonds is 8. The van der Waals surface area contributed by atoms with Gasteiger partial charge in [-0.3, -0.25) is 9.36 Å². The number of aromatic nitrogens is 1. The molecule has 1 aromatic heterocycles. The average molecular weight is 587 g/mol. The topological polar surface area (TPSA) is 88.4 Å². The second-order valence-corrected chi connectivity index (χ2v) is 9.87. The molecule has 1 aliphatic heterocycles. The minimum atomic E-state index is -0.726. The van der Waals surface area contributed by atoms with Gasteiger partial charge in [0.25, 0.3) is 5.56 Å². The molecule has 0 bridgehead atoms. The maximum absolute atomic E-state index is 13.9. The monoisotopic (exact) mass is 586 g/mol. The van der Waals surface area contributed by atoms with Crippen molar-refractivity contribution >= 4 is 39.3 Å². The van der Waals surface area contributed by atoms with Gasteiger partial charge in [-0.1, -0.05) is 29.5 Å². The molecule has 1 aliphatic rings. The molecular weight excluding hydrogens is 560 g/mol. The highest BCUT2D eigenvalue weighted by molar-refractivity contribution is 9.10. The van der Waals surface area contributed by atoms with Gasteiger partial charge in [-0.2, -0.15) is 0 Å². The normalized spacial score (nSPS) is 15.2. The zero-order valence-corrected chi connectivity index (χ0v) is 23.6. The van der Waals surface area contributed by atoms with Crippen molar-refractivity contribution in [2.45, 2.75) is 26.8 Å². The van der Waals surface area contributed by atoms with Gasteiger partial charge in [0.2, 0.25) is 0 Å². The van der Waals surface area contributed by atoms with Crippen molar-refractivity contribution in [2.24, 2.45) is 4.99 Å². The van der Waals surface area contributed by atoms with Gasteiger partial charge in [-0.15, -0.1) is 0 Å². The Bertz CT molecular complexity index is 1560. The zero-order chi connectivity index (χ0) is 26.7. The number of hydrogen-bond acceptors (Lipinski definition) is 8. The summed E-state index contributed by atoms with van der Waals surface area (Å²) in [5, 5.41) is 0. The van der Waals surface area contributed by atoms with Crippen LogP contribution >= 0.6 is 27.3 Å². The van der Waals surface area contributed by atoms with Crippen LogP contribution in [0, 0.1) is 0 Å². The highest BCUT2D eigenvalue weighted by Gasteiger charge is 2.33.